The number of hydrogen-bond acceptors (Lipinski definition) is 8. The molecule has 1 aliphatic rings. The summed E-state index contributed by atoms with van der Waals surface area (Å²) in [6.45, 7) is 2.17. The molecule has 8 nitrogen and oxygen atoms in total. The second-order valence-electron chi connectivity index (χ2n) is 6.57. The van der Waals surface area contributed by atoms with Gasteiger partial charge in [0.05, 0.1) is 25.5 Å². The molecule has 0 unspecified atom stereocenters. The van der Waals surface area contributed by atoms with E-state index in [1.807, 2.05) is 6.92 Å². The van der Waals surface area contributed by atoms with E-state index in [9.17, 15) is 9.59 Å². The molecule has 0 saturated heterocycles. The van der Waals surface area contributed by atoms with Gasteiger partial charge in [-0.15, -0.1) is 0 Å². The molecule has 0 bridgehead atoms. The summed E-state index contributed by atoms with van der Waals surface area (Å²) in [5.41, 5.74) is 1.10. The van der Waals surface area contributed by atoms with Gasteiger partial charge in [0.2, 0.25) is 0 Å². The number of ether oxygens (including phenoxy) is 4. The van der Waals surface area contributed by atoms with Crippen LogP contribution in [0.2, 0.25) is 0 Å². The molecule has 0 saturated carbocycles. The fourth-order valence-corrected chi connectivity index (χ4v) is 2.93. The van der Waals surface area contributed by atoms with Crippen molar-refractivity contribution in [3.8, 4) is 17.2 Å². The predicted octanol–water partition coefficient (Wildman–Crippen LogP) is 4.25. The Morgan fingerprint density at radius 1 is 1.09 bits per heavy atom. The molecule has 0 atom stereocenters. The van der Waals surface area contributed by atoms with Crippen LogP contribution in [0.3, 0.4) is 0 Å². The molecule has 0 spiro atoms. The van der Waals surface area contributed by atoms with Crippen molar-refractivity contribution in [3.05, 3.63) is 83.4 Å². The van der Waals surface area contributed by atoms with Crippen LogP contribution in [0, 0.1) is 0 Å². The minimum absolute atomic E-state index is 0.0984. The lowest BCUT2D eigenvalue weighted by molar-refractivity contribution is -0.130. The molecule has 0 amide bonds. The lowest BCUT2D eigenvalue weighted by Gasteiger charge is -2.11. The van der Waals surface area contributed by atoms with Crippen LogP contribution in [0.15, 0.2) is 76.0 Å². The summed E-state index contributed by atoms with van der Waals surface area (Å²) in [5.74, 6) is 0.571. The van der Waals surface area contributed by atoms with Crippen LogP contribution in [-0.2, 0) is 9.53 Å². The zero-order valence-electron chi connectivity index (χ0n) is 17.4. The van der Waals surface area contributed by atoms with E-state index in [0.29, 0.717) is 35.0 Å². The van der Waals surface area contributed by atoms with E-state index < -0.39 is 11.9 Å². The van der Waals surface area contributed by atoms with Crippen LogP contribution >= 0.6 is 0 Å². The monoisotopic (exact) mass is 433 g/mol. The molecular weight excluding hydrogens is 414 g/mol. The first-order chi connectivity index (χ1) is 15.6. The van der Waals surface area contributed by atoms with E-state index in [4.69, 9.17) is 23.4 Å². The highest BCUT2D eigenvalue weighted by molar-refractivity contribution is 6.11. The van der Waals surface area contributed by atoms with Crippen molar-refractivity contribution >= 4 is 23.9 Å². The van der Waals surface area contributed by atoms with Crippen LogP contribution in [0.25, 0.3) is 6.08 Å². The number of methoxy groups -OCH3 is 1. The summed E-state index contributed by atoms with van der Waals surface area (Å²) in [4.78, 5) is 28.8. The second kappa shape index (κ2) is 9.22. The number of furan rings is 1. The number of nitrogens with zero attached hydrogens (tertiary/aromatic N) is 1. The third-order valence-electron chi connectivity index (χ3n) is 4.45. The Hall–Kier alpha value is -4.33. The maximum Gasteiger partial charge on any atom is 0.363 e. The second-order valence-corrected chi connectivity index (χ2v) is 6.57. The highest BCUT2D eigenvalue weighted by Gasteiger charge is 2.26. The van der Waals surface area contributed by atoms with Crippen molar-refractivity contribution in [3.63, 3.8) is 0 Å². The summed E-state index contributed by atoms with van der Waals surface area (Å²) in [5, 5.41) is 0. The normalized spacial score (nSPS) is 14.1. The van der Waals surface area contributed by atoms with Gasteiger partial charge in [0.25, 0.3) is 5.90 Å². The van der Waals surface area contributed by atoms with Gasteiger partial charge in [-0.25, -0.2) is 14.6 Å². The van der Waals surface area contributed by atoms with E-state index in [0.717, 1.165) is 0 Å². The van der Waals surface area contributed by atoms with Crippen molar-refractivity contribution in [2.24, 2.45) is 4.99 Å². The van der Waals surface area contributed by atoms with Crippen molar-refractivity contribution in [1.82, 2.24) is 0 Å². The first-order valence-electron chi connectivity index (χ1n) is 9.77. The van der Waals surface area contributed by atoms with Gasteiger partial charge < -0.3 is 23.4 Å². The van der Waals surface area contributed by atoms with E-state index in [2.05, 4.69) is 4.99 Å². The average Bonchev–Trinajstić information content (AvgIpc) is 3.46. The van der Waals surface area contributed by atoms with Crippen LogP contribution in [0.4, 0.5) is 0 Å². The Morgan fingerprint density at radius 2 is 1.91 bits per heavy atom. The number of hydrogen-bond donors (Lipinski definition) is 0. The van der Waals surface area contributed by atoms with Gasteiger partial charge in [0.15, 0.2) is 23.0 Å². The molecule has 1 aliphatic heterocycles. The Bertz CT molecular complexity index is 1190. The molecule has 162 valence electrons. The Morgan fingerprint density at radius 3 is 2.59 bits per heavy atom. The highest BCUT2D eigenvalue weighted by Crippen LogP contribution is 2.31. The molecule has 0 aliphatic carbocycles. The lowest BCUT2D eigenvalue weighted by atomic mass is 10.1. The van der Waals surface area contributed by atoms with Crippen LogP contribution < -0.4 is 14.2 Å². The van der Waals surface area contributed by atoms with E-state index in [1.165, 1.54) is 6.26 Å². The molecule has 0 N–H and O–H groups in total. The molecule has 3 aromatic rings. The average molecular weight is 433 g/mol. The molecule has 0 radical (unpaired) electrons. The van der Waals surface area contributed by atoms with Gasteiger partial charge in [-0.05, 0) is 67.1 Å². The number of carbonyl (C=O) groups excluding carboxylic acids is 2. The zero-order chi connectivity index (χ0) is 22.5. The standard InChI is InChI=1S/C24H19NO7/c1-3-29-21-14-15(13-18-24(27)32-22(25-18)20-5-4-12-30-20)6-11-19(21)31-23(26)16-7-9-17(28-2)10-8-16/h4-14H,3H2,1-2H3. The number of rotatable bonds is 7. The van der Waals surface area contributed by atoms with E-state index in [-0.39, 0.29) is 17.3 Å². The highest BCUT2D eigenvalue weighted by atomic mass is 16.6. The number of carbonyl (C=O) groups is 2. The van der Waals surface area contributed by atoms with Crippen molar-refractivity contribution in [2.75, 3.05) is 13.7 Å². The predicted molar refractivity (Wildman–Crippen MR) is 115 cm³/mol. The van der Waals surface area contributed by atoms with Gasteiger partial charge in [-0.3, -0.25) is 0 Å². The molecule has 4 rings (SSSR count). The smallest absolute Gasteiger partial charge is 0.363 e. The van der Waals surface area contributed by atoms with Gasteiger partial charge in [-0.2, -0.15) is 0 Å². The Kier molecular flexibility index (Phi) is 6.03. The number of cyclic esters (lactones) is 1. The van der Waals surface area contributed by atoms with Crippen molar-refractivity contribution in [1.29, 1.82) is 0 Å². The zero-order valence-corrected chi connectivity index (χ0v) is 17.4. The molecule has 8 heteroatoms. The molecule has 0 fully saturated rings. The first kappa shape index (κ1) is 20.9. The fourth-order valence-electron chi connectivity index (χ4n) is 2.93. The van der Waals surface area contributed by atoms with Crippen LogP contribution in [-0.4, -0.2) is 31.6 Å². The Balaban J connectivity index is 1.57. The van der Waals surface area contributed by atoms with Crippen molar-refractivity contribution in [2.45, 2.75) is 6.92 Å². The Labute approximate surface area is 183 Å². The third kappa shape index (κ3) is 4.54. The molecule has 32 heavy (non-hydrogen) atoms. The largest absolute Gasteiger partial charge is 0.497 e. The summed E-state index contributed by atoms with van der Waals surface area (Å²) < 4.78 is 26.6. The molecule has 2 aromatic carbocycles. The third-order valence-corrected chi connectivity index (χ3v) is 4.45. The van der Waals surface area contributed by atoms with Crippen LogP contribution in [0.1, 0.15) is 28.6 Å². The van der Waals surface area contributed by atoms with Gasteiger partial charge in [-0.1, -0.05) is 6.07 Å². The molecular formula is C24H19NO7. The lowest BCUT2D eigenvalue weighted by Crippen LogP contribution is -2.09. The summed E-state index contributed by atoms with van der Waals surface area (Å²) >= 11 is 0. The number of esters is 2. The number of benzene rings is 2. The quantitative estimate of drug-likeness (QED) is 0.312. The summed E-state index contributed by atoms with van der Waals surface area (Å²) in [6, 6.07) is 14.8. The molecule has 2 heterocycles. The fraction of sp³-hybridized carbons (Fsp3) is 0.125. The minimum atomic E-state index is -0.593. The van der Waals surface area contributed by atoms with Crippen LogP contribution in [0.5, 0.6) is 17.2 Å². The topological polar surface area (TPSA) is 96.6 Å². The van der Waals surface area contributed by atoms with Gasteiger partial charge in [0.1, 0.15) is 5.75 Å². The van der Waals surface area contributed by atoms with E-state index >= 15 is 0 Å². The maximum absolute atomic E-state index is 12.5. The number of aliphatic imine (C=N–C) groups is 1. The van der Waals surface area contributed by atoms with Gasteiger partial charge >= 0.3 is 11.9 Å². The first-order valence-corrected chi connectivity index (χ1v) is 9.77. The van der Waals surface area contributed by atoms with E-state index in [1.54, 1.807) is 67.8 Å². The van der Waals surface area contributed by atoms with Gasteiger partial charge in [0, 0.05) is 0 Å². The maximum atomic E-state index is 12.5. The summed E-state index contributed by atoms with van der Waals surface area (Å²) in [6.07, 6.45) is 3.02. The van der Waals surface area contributed by atoms with Crippen molar-refractivity contribution < 1.29 is 33.0 Å². The SMILES string of the molecule is CCOc1cc(C=C2N=C(c3ccco3)OC2=O)ccc1OC(=O)c1ccc(OC)cc1. The minimum Gasteiger partial charge on any atom is -0.497 e. The summed E-state index contributed by atoms with van der Waals surface area (Å²) in [7, 11) is 1.55. The molecule has 1 aromatic heterocycles.